The molecule has 12 heteroatoms. The number of aryl methyl sites for hydroxylation is 2. The quantitative estimate of drug-likeness (QED) is 0.0556. The number of fused-ring (bicyclic) bond motifs is 9. The van der Waals surface area contributed by atoms with Gasteiger partial charge in [0.05, 0.1) is 25.2 Å². The summed E-state index contributed by atoms with van der Waals surface area (Å²) in [5, 5.41) is 70.6. The van der Waals surface area contributed by atoms with Crippen LogP contribution in [0.2, 0.25) is 0 Å². The fourth-order valence-corrected chi connectivity index (χ4v) is 12.8. The molecule has 3 heterocycles. The normalized spacial score (nSPS) is 26.7. The highest BCUT2D eigenvalue weighted by Gasteiger charge is 2.43. The molecule has 408 valence electrons. The molecule has 9 rings (SSSR count). The molecule has 1 saturated carbocycles. The van der Waals surface area contributed by atoms with Crippen LogP contribution in [0.5, 0.6) is 17.2 Å². The van der Waals surface area contributed by atoms with Crippen LogP contribution in [0.4, 0.5) is 5.69 Å². The van der Waals surface area contributed by atoms with Gasteiger partial charge in [0.25, 0.3) is 0 Å². The van der Waals surface area contributed by atoms with Crippen LogP contribution in [-0.2, 0) is 35.3 Å². The zero-order valence-corrected chi connectivity index (χ0v) is 45.6. The molecule has 4 aromatic carbocycles. The number of H-pyrrole nitrogens is 1. The summed E-state index contributed by atoms with van der Waals surface area (Å²) in [6, 6.07) is 23.7. The van der Waals surface area contributed by atoms with Gasteiger partial charge in [0, 0.05) is 73.7 Å². The van der Waals surface area contributed by atoms with Crippen LogP contribution < -0.4 is 20.7 Å². The number of phenols is 2. The van der Waals surface area contributed by atoms with E-state index in [-0.39, 0.29) is 60.2 Å². The van der Waals surface area contributed by atoms with Crippen molar-refractivity contribution in [3.05, 3.63) is 142 Å². The van der Waals surface area contributed by atoms with Gasteiger partial charge in [-0.25, -0.2) is 0 Å². The maximum absolute atomic E-state index is 15.2. The Hall–Kier alpha value is -6.36. The third kappa shape index (κ3) is 13.2. The predicted molar refractivity (Wildman–Crippen MR) is 304 cm³/mol. The molecule has 10 unspecified atom stereocenters. The number of nitrogens with one attached hydrogen (secondary N) is 4. The number of methoxy groups -OCH3 is 1. The summed E-state index contributed by atoms with van der Waals surface area (Å²) in [5.74, 6) is 5.95. The Morgan fingerprint density at radius 2 is 1.68 bits per heavy atom. The second-order valence-corrected chi connectivity index (χ2v) is 23.0. The van der Waals surface area contributed by atoms with Crippen molar-refractivity contribution in [1.29, 1.82) is 0 Å². The van der Waals surface area contributed by atoms with E-state index >= 15 is 4.79 Å². The van der Waals surface area contributed by atoms with Gasteiger partial charge in [0.2, 0.25) is 0 Å². The minimum absolute atomic E-state index is 0.00469. The van der Waals surface area contributed by atoms with Gasteiger partial charge >= 0.3 is 0 Å². The molecule has 4 aliphatic rings. The smallest absolute Gasteiger partial charge is 0.173 e. The van der Waals surface area contributed by atoms with Gasteiger partial charge in [-0.2, -0.15) is 0 Å². The van der Waals surface area contributed by atoms with Gasteiger partial charge in [-0.05, 0) is 162 Å². The summed E-state index contributed by atoms with van der Waals surface area (Å²) in [5.41, 5.74) is 8.23. The monoisotopic (exact) mass is 1040 g/mol. The van der Waals surface area contributed by atoms with Crippen molar-refractivity contribution < 1.29 is 39.9 Å². The second kappa shape index (κ2) is 25.0. The Labute approximate surface area is 454 Å². The van der Waals surface area contributed by atoms with Crippen molar-refractivity contribution in [3.63, 3.8) is 0 Å². The van der Waals surface area contributed by atoms with Crippen LogP contribution >= 0.6 is 0 Å². The van der Waals surface area contributed by atoms with Crippen LogP contribution in [0.1, 0.15) is 130 Å². The van der Waals surface area contributed by atoms with Crippen molar-refractivity contribution in [3.8, 4) is 29.1 Å². The number of aromatic amines is 1. The van der Waals surface area contributed by atoms with Crippen molar-refractivity contribution in [2.24, 2.45) is 35.5 Å². The minimum atomic E-state index is -1.84. The summed E-state index contributed by atoms with van der Waals surface area (Å²) >= 11 is 0. The first-order valence-corrected chi connectivity index (χ1v) is 28.3. The standard InChI is InChI=1S/C65H80N4O8/c1-6-9-53-47-26-41(25-44-17-20-54(52-11-8-7-10-42(52)13-12-38(2)3)55-34-60(73)61(77-5)31-45(55)18-21-58(71)65(76)64(75)56(44)30-47)24-40-22-23-67-62(27-40)69-49-19-16-43-14-15-46(63(74)57(43)32-49)29-51(70)37-66-35-39(4)48-28-50(68-36-48)33-59(53)72/h7-8,10-11,14-16,19,22,27-28,31-32,34,36,38-39,41,44,47,51,53-54,56,59,65-70,72-74,76H,6,9,12-13,18,21,23-26,29-30,33,35,37H2,1-5H3. The van der Waals surface area contributed by atoms with Gasteiger partial charge in [-0.3, -0.25) is 9.59 Å². The highest BCUT2D eigenvalue weighted by Crippen LogP contribution is 2.46. The number of hydrogen-bond acceptors (Lipinski definition) is 11. The van der Waals surface area contributed by atoms with Crippen molar-refractivity contribution in [2.75, 3.05) is 32.1 Å². The number of ketones is 2. The van der Waals surface area contributed by atoms with Gasteiger partial charge in [0.15, 0.2) is 29.2 Å². The molecule has 0 amide bonds. The van der Waals surface area contributed by atoms with Gasteiger partial charge in [0.1, 0.15) is 11.6 Å². The number of ether oxygens (including phenoxy) is 1. The summed E-state index contributed by atoms with van der Waals surface area (Å²) in [6.45, 7) is 10.2. The minimum Gasteiger partial charge on any atom is -0.507 e. The molecule has 1 aromatic heterocycles. The van der Waals surface area contributed by atoms with Crippen LogP contribution in [0, 0.1) is 47.3 Å². The fourth-order valence-electron chi connectivity index (χ4n) is 12.8. The number of allylic oxidation sites excluding steroid dienone is 2. The number of phenolic OH excluding ortho intramolecular Hbond substituents is 2. The third-order valence-electron chi connectivity index (χ3n) is 17.0. The SMILES string of the molecule is CCCC1C(O)Cc2cc(c[nH]2)C(C)CNCC(O)Cc2ccc3ccc(cc3c2O)NC2=CC(=CCN2)CC2CC3C#CC(c4ccccc4CCC(C)C)c4cc(O)c(OC)cc4CCC(=O)C(O)C(=O)C3CC1C2. The second-order valence-electron chi connectivity index (χ2n) is 23.0. The number of carbonyl (C=O) groups excluding carboxylic acids is 2. The molecule has 0 saturated heterocycles. The Morgan fingerprint density at radius 3 is 2.48 bits per heavy atom. The summed E-state index contributed by atoms with van der Waals surface area (Å²) in [4.78, 5) is 32.9. The van der Waals surface area contributed by atoms with Crippen LogP contribution in [-0.4, -0.2) is 87.1 Å². The molecule has 9 N–H and O–H groups in total. The lowest BCUT2D eigenvalue weighted by atomic mass is 9.73. The number of dihydropyridines is 1. The first-order valence-electron chi connectivity index (χ1n) is 28.3. The molecule has 10 atom stereocenters. The highest BCUT2D eigenvalue weighted by atomic mass is 16.5. The molecule has 1 fully saturated rings. The number of Topliss-reactive ketones (excluding diaryl/α,β-unsaturated/α-hetero) is 2. The van der Waals surface area contributed by atoms with Crippen molar-refractivity contribution in [2.45, 2.75) is 135 Å². The Bertz CT molecular complexity index is 3040. The van der Waals surface area contributed by atoms with E-state index in [0.717, 1.165) is 81.7 Å². The van der Waals surface area contributed by atoms with Crippen molar-refractivity contribution in [1.82, 2.24) is 15.6 Å². The maximum Gasteiger partial charge on any atom is 0.173 e. The number of aromatic nitrogens is 1. The lowest BCUT2D eigenvalue weighted by Gasteiger charge is -2.33. The average Bonchev–Trinajstić information content (AvgIpc) is 3.82. The van der Waals surface area contributed by atoms with E-state index < -0.39 is 47.6 Å². The third-order valence-corrected chi connectivity index (χ3v) is 17.0. The molecule has 2 aliphatic heterocycles. The summed E-state index contributed by atoms with van der Waals surface area (Å²) < 4.78 is 5.59. The average molecular weight is 1050 g/mol. The molecular weight excluding hydrogens is 965 g/mol. The number of carbonyl (C=O) groups is 2. The molecule has 77 heavy (non-hydrogen) atoms. The number of aliphatic hydroxyl groups is 3. The number of β-amino-alcohol motifs (C(OH)–C–C–N with tert-alkyl or cyclic N) is 1. The van der Waals surface area contributed by atoms with E-state index in [1.165, 1.54) is 7.11 Å². The number of anilines is 1. The molecule has 0 spiro atoms. The number of aliphatic hydroxyl groups excluding tert-OH is 3. The van der Waals surface area contributed by atoms with E-state index in [9.17, 15) is 30.3 Å². The first-order chi connectivity index (χ1) is 37.2. The molecule has 9 bridgehead atoms. The van der Waals surface area contributed by atoms with Gasteiger partial charge in [-0.15, -0.1) is 0 Å². The number of hydrogen-bond donors (Lipinski definition) is 9. The topological polar surface area (TPSA) is 196 Å². The lowest BCUT2D eigenvalue weighted by molar-refractivity contribution is -0.142. The Morgan fingerprint density at radius 1 is 0.857 bits per heavy atom. The largest absolute Gasteiger partial charge is 0.507 e. The Balaban J connectivity index is 1.16. The molecular formula is C65H80N4O8. The zero-order valence-electron chi connectivity index (χ0n) is 45.6. The summed E-state index contributed by atoms with van der Waals surface area (Å²) in [7, 11) is 1.49. The van der Waals surface area contributed by atoms with Gasteiger partial charge < -0.3 is 51.2 Å². The number of rotatable bonds is 7. The zero-order chi connectivity index (χ0) is 54.3. The number of benzene rings is 4. The van der Waals surface area contributed by atoms with Crippen LogP contribution in [0.15, 0.2) is 103 Å². The predicted octanol–water partition coefficient (Wildman–Crippen LogP) is 9.91. The molecule has 2 aliphatic carbocycles. The highest BCUT2D eigenvalue weighted by molar-refractivity contribution is 6.06. The van der Waals surface area contributed by atoms with Crippen LogP contribution in [0.25, 0.3) is 10.8 Å². The number of aromatic hydroxyl groups is 2. The molecule has 12 nitrogen and oxygen atoms in total. The maximum atomic E-state index is 15.2. The van der Waals surface area contributed by atoms with E-state index in [1.54, 1.807) is 12.1 Å². The van der Waals surface area contributed by atoms with E-state index in [1.807, 2.05) is 48.7 Å². The van der Waals surface area contributed by atoms with Gasteiger partial charge in [-0.1, -0.05) is 94.5 Å². The molecule has 5 aromatic rings. The first kappa shape index (κ1) is 55.4. The van der Waals surface area contributed by atoms with E-state index in [4.69, 9.17) is 4.74 Å². The van der Waals surface area contributed by atoms with Crippen LogP contribution in [0.3, 0.4) is 0 Å². The Kier molecular flexibility index (Phi) is 18.0. The summed E-state index contributed by atoms with van der Waals surface area (Å²) in [6.07, 6.45) is 9.33. The van der Waals surface area contributed by atoms with Crippen molar-refractivity contribution >= 4 is 28.0 Å². The van der Waals surface area contributed by atoms with E-state index in [0.29, 0.717) is 68.6 Å². The lowest BCUT2D eigenvalue weighted by Crippen LogP contribution is -2.40. The van der Waals surface area contributed by atoms with E-state index in [2.05, 4.69) is 90.8 Å². The fraction of sp³-hybridized carbons (Fsp3) is 0.477. The molecule has 0 radical (unpaired) electrons.